The van der Waals surface area contributed by atoms with Crippen molar-refractivity contribution < 1.29 is 29.3 Å². The van der Waals surface area contributed by atoms with E-state index in [0.29, 0.717) is 44.4 Å². The van der Waals surface area contributed by atoms with Crippen molar-refractivity contribution in [3.8, 4) is 0 Å². The molecule has 3 bridgehead atoms. The summed E-state index contributed by atoms with van der Waals surface area (Å²) in [5.74, 6) is -1.01. The Morgan fingerprint density at radius 2 is 1.59 bits per heavy atom. The molecule has 0 aromatic heterocycles. The molecule has 0 aliphatic heterocycles. The molecule has 0 amide bonds. The Morgan fingerprint density at radius 1 is 0.966 bits per heavy atom. The number of carbonyl (C=O) groups excluding carboxylic acids is 2. The van der Waals surface area contributed by atoms with Gasteiger partial charge in [0.1, 0.15) is 5.60 Å². The van der Waals surface area contributed by atoms with Crippen molar-refractivity contribution in [2.45, 2.75) is 96.9 Å². The van der Waals surface area contributed by atoms with Gasteiger partial charge in [0.15, 0.2) is 6.61 Å². The van der Waals surface area contributed by atoms with Crippen LogP contribution in [0.15, 0.2) is 0 Å². The molecule has 4 fully saturated rings. The lowest BCUT2D eigenvalue weighted by molar-refractivity contribution is -0.186. The molecule has 0 aromatic carbocycles. The Kier molecular flexibility index (Phi) is 4.19. The number of rotatable bonds is 4. The first-order valence-electron chi connectivity index (χ1n) is 10.9. The van der Waals surface area contributed by atoms with Crippen LogP contribution in [0.4, 0.5) is 0 Å². The molecule has 29 heavy (non-hydrogen) atoms. The number of carbonyl (C=O) groups is 2. The van der Waals surface area contributed by atoms with E-state index in [1.807, 2.05) is 41.5 Å². The highest BCUT2D eigenvalue weighted by atomic mass is 16.6. The molecule has 0 saturated heterocycles. The van der Waals surface area contributed by atoms with Gasteiger partial charge in [0, 0.05) is 18.3 Å². The van der Waals surface area contributed by atoms with Gasteiger partial charge in [-0.15, -0.1) is 0 Å². The summed E-state index contributed by atoms with van der Waals surface area (Å²) in [4.78, 5) is 25.4. The molecule has 6 nitrogen and oxygen atoms in total. The van der Waals surface area contributed by atoms with Crippen molar-refractivity contribution in [1.29, 1.82) is 0 Å². The largest absolute Gasteiger partial charge is 0.456 e. The highest BCUT2D eigenvalue weighted by Gasteiger charge is 2.82. The topological polar surface area (TPSA) is 93.1 Å². The maximum Gasteiger partial charge on any atom is 0.344 e. The zero-order chi connectivity index (χ0) is 21.7. The van der Waals surface area contributed by atoms with E-state index in [1.165, 1.54) is 0 Å². The lowest BCUT2D eigenvalue weighted by Gasteiger charge is -2.55. The van der Waals surface area contributed by atoms with Crippen molar-refractivity contribution in [1.82, 2.24) is 0 Å². The first kappa shape index (κ1) is 21.1. The molecule has 6 heteroatoms. The Balaban J connectivity index is 1.41. The highest BCUT2D eigenvalue weighted by Crippen LogP contribution is 2.79. The molecule has 4 saturated carbocycles. The minimum absolute atomic E-state index is 0.294. The summed E-state index contributed by atoms with van der Waals surface area (Å²) in [5, 5.41) is 21.9. The summed E-state index contributed by atoms with van der Waals surface area (Å²) in [6.07, 6.45) is 3.33. The van der Waals surface area contributed by atoms with Crippen LogP contribution in [0.2, 0.25) is 0 Å². The van der Waals surface area contributed by atoms with Crippen LogP contribution in [0, 0.1) is 28.1 Å². The van der Waals surface area contributed by atoms with Gasteiger partial charge in [0.05, 0.1) is 17.1 Å². The third-order valence-corrected chi connectivity index (χ3v) is 8.10. The third kappa shape index (κ3) is 3.04. The smallest absolute Gasteiger partial charge is 0.344 e. The summed E-state index contributed by atoms with van der Waals surface area (Å²) < 4.78 is 11.3. The Morgan fingerprint density at radius 3 is 2.17 bits per heavy atom. The summed E-state index contributed by atoms with van der Waals surface area (Å²) in [7, 11) is 0. The molecule has 2 N–H and O–H groups in total. The Bertz CT molecular complexity index is 733. The first-order chi connectivity index (χ1) is 13.0. The summed E-state index contributed by atoms with van der Waals surface area (Å²) in [6.45, 7) is 11.6. The predicted octanol–water partition coefficient (Wildman–Crippen LogP) is 2.98. The second-order valence-corrected chi connectivity index (χ2v) is 12.7. The number of fused-ring (bicyclic) bond motifs is 2. The molecule has 5 unspecified atom stereocenters. The van der Waals surface area contributed by atoms with Crippen LogP contribution in [-0.2, 0) is 19.1 Å². The molecule has 0 heterocycles. The van der Waals surface area contributed by atoms with Crippen LogP contribution >= 0.6 is 0 Å². The maximum absolute atomic E-state index is 12.8. The SMILES string of the molecule is CC(C)(C)C(C(=O)OCC(=O)OC12CC3CC4(O)CC(O)(C1)CC34C2)C(C)(C)C. The van der Waals surface area contributed by atoms with Crippen molar-refractivity contribution in [3.05, 3.63) is 0 Å². The van der Waals surface area contributed by atoms with Gasteiger partial charge in [0.2, 0.25) is 0 Å². The molecule has 1 spiro atoms. The fraction of sp³-hybridized carbons (Fsp3) is 0.913. The Labute approximate surface area is 173 Å². The van der Waals surface area contributed by atoms with Crippen LogP contribution in [0.5, 0.6) is 0 Å². The second-order valence-electron chi connectivity index (χ2n) is 12.7. The minimum Gasteiger partial charge on any atom is -0.456 e. The first-order valence-corrected chi connectivity index (χ1v) is 10.9. The standard InChI is InChI=1S/C23H36O6/c1-18(2,3)16(19(4,5)6)17(25)28-9-15(24)29-21-7-14-8-23(27)12-20(26,10-21)11-22(14,23)13-21/h14,16,26-27H,7-13H2,1-6H3. The third-order valence-electron chi connectivity index (χ3n) is 8.10. The van der Waals surface area contributed by atoms with Gasteiger partial charge in [-0.05, 0) is 42.4 Å². The van der Waals surface area contributed by atoms with Crippen LogP contribution in [-0.4, -0.2) is 45.6 Å². The van der Waals surface area contributed by atoms with Crippen LogP contribution < -0.4 is 0 Å². The molecule has 164 valence electrons. The number of ether oxygens (including phenoxy) is 2. The van der Waals surface area contributed by atoms with Crippen molar-refractivity contribution in [2.24, 2.45) is 28.1 Å². The average Bonchev–Trinajstić information content (AvgIpc) is 2.74. The van der Waals surface area contributed by atoms with Gasteiger partial charge in [0.25, 0.3) is 0 Å². The van der Waals surface area contributed by atoms with Gasteiger partial charge in [-0.2, -0.15) is 0 Å². The summed E-state index contributed by atoms with van der Waals surface area (Å²) >= 11 is 0. The van der Waals surface area contributed by atoms with E-state index in [9.17, 15) is 19.8 Å². The maximum atomic E-state index is 12.8. The molecular weight excluding hydrogens is 372 g/mol. The highest BCUT2D eigenvalue weighted by molar-refractivity contribution is 5.79. The number of hydrogen-bond acceptors (Lipinski definition) is 6. The molecule has 4 aliphatic rings. The van der Waals surface area contributed by atoms with Crippen LogP contribution in [0.3, 0.4) is 0 Å². The van der Waals surface area contributed by atoms with Gasteiger partial charge >= 0.3 is 11.9 Å². The Hall–Kier alpha value is -1.14. The fourth-order valence-corrected chi connectivity index (χ4v) is 8.00. The van der Waals surface area contributed by atoms with E-state index >= 15 is 0 Å². The van der Waals surface area contributed by atoms with E-state index in [0.717, 1.165) is 0 Å². The zero-order valence-corrected chi connectivity index (χ0v) is 18.6. The number of hydrogen-bond donors (Lipinski definition) is 2. The predicted molar refractivity (Wildman–Crippen MR) is 106 cm³/mol. The monoisotopic (exact) mass is 408 g/mol. The second kappa shape index (κ2) is 5.76. The number of aliphatic hydroxyl groups is 2. The molecule has 0 radical (unpaired) electrons. The summed E-state index contributed by atoms with van der Waals surface area (Å²) in [6, 6.07) is 0. The van der Waals surface area contributed by atoms with Gasteiger partial charge in [-0.25, -0.2) is 4.79 Å². The quantitative estimate of drug-likeness (QED) is 0.695. The van der Waals surface area contributed by atoms with Gasteiger partial charge in [-0.3, -0.25) is 4.79 Å². The lowest BCUT2D eigenvalue weighted by atomic mass is 9.53. The number of esters is 2. The van der Waals surface area contributed by atoms with Crippen molar-refractivity contribution >= 4 is 11.9 Å². The molecule has 5 atom stereocenters. The summed E-state index contributed by atoms with van der Waals surface area (Å²) in [5.41, 5.74) is -3.40. The van der Waals surface area contributed by atoms with E-state index in [4.69, 9.17) is 9.47 Å². The molecule has 0 aromatic rings. The van der Waals surface area contributed by atoms with Crippen molar-refractivity contribution in [3.63, 3.8) is 0 Å². The van der Waals surface area contributed by atoms with Gasteiger partial charge in [-0.1, -0.05) is 41.5 Å². The van der Waals surface area contributed by atoms with E-state index in [1.54, 1.807) is 0 Å². The van der Waals surface area contributed by atoms with Gasteiger partial charge < -0.3 is 19.7 Å². The van der Waals surface area contributed by atoms with E-state index in [-0.39, 0.29) is 28.1 Å². The minimum atomic E-state index is -0.960. The van der Waals surface area contributed by atoms with E-state index in [2.05, 4.69) is 0 Å². The molecule has 4 rings (SSSR count). The zero-order valence-electron chi connectivity index (χ0n) is 18.6. The normalized spacial score (nSPS) is 42.6. The van der Waals surface area contributed by atoms with E-state index < -0.39 is 29.4 Å². The molecular formula is C23H36O6. The average molecular weight is 409 g/mol. The van der Waals surface area contributed by atoms with Crippen molar-refractivity contribution in [2.75, 3.05) is 6.61 Å². The van der Waals surface area contributed by atoms with Crippen LogP contribution in [0.25, 0.3) is 0 Å². The van der Waals surface area contributed by atoms with Crippen LogP contribution in [0.1, 0.15) is 80.1 Å². The lowest BCUT2D eigenvalue weighted by Crippen LogP contribution is -2.57. The molecule has 4 aliphatic carbocycles. The fourth-order valence-electron chi connectivity index (χ4n) is 8.00.